The molecule has 21 heavy (non-hydrogen) atoms. The summed E-state index contributed by atoms with van der Waals surface area (Å²) < 4.78 is 0. The number of phenolic OH excluding ortho intramolecular Hbond substituents is 2. The summed E-state index contributed by atoms with van der Waals surface area (Å²) >= 11 is 0. The van der Waals surface area contributed by atoms with E-state index >= 15 is 0 Å². The van der Waals surface area contributed by atoms with Gasteiger partial charge in [-0.05, 0) is 17.7 Å². The van der Waals surface area contributed by atoms with Crippen LogP contribution in [0.1, 0.15) is 25.6 Å². The number of nitrogens with zero attached hydrogens (tertiary/aromatic N) is 2. The average molecular weight is 288 g/mol. The number of piperidine rings is 2. The third-order valence-corrected chi connectivity index (χ3v) is 5.29. The molecule has 5 heteroatoms. The first-order valence-corrected chi connectivity index (χ1v) is 7.37. The van der Waals surface area contributed by atoms with E-state index in [4.69, 9.17) is 0 Å². The Morgan fingerprint density at radius 2 is 1.52 bits per heavy atom. The predicted molar refractivity (Wildman–Crippen MR) is 76.9 cm³/mol. The predicted octanol–water partition coefficient (Wildman–Crippen LogP) is 1.32. The zero-order valence-corrected chi connectivity index (χ0v) is 12.3. The Kier molecular flexibility index (Phi) is 2.36. The number of carbonyl (C=O) groups is 1. The van der Waals surface area contributed by atoms with Crippen LogP contribution < -0.4 is 0 Å². The third kappa shape index (κ3) is 1.61. The SMILES string of the molecule is CC12CN3CC(C)(CN(C1)C3c1ccc(O)c(O)c1)C2=O. The van der Waals surface area contributed by atoms with Gasteiger partial charge in [0.15, 0.2) is 11.5 Å². The molecule has 0 amide bonds. The molecule has 2 N–H and O–H groups in total. The maximum atomic E-state index is 12.6. The van der Waals surface area contributed by atoms with Crippen molar-refractivity contribution in [2.45, 2.75) is 20.0 Å². The Hall–Kier alpha value is -1.59. The maximum absolute atomic E-state index is 12.6. The van der Waals surface area contributed by atoms with E-state index in [9.17, 15) is 15.0 Å². The number of aromatic hydroxyl groups is 2. The van der Waals surface area contributed by atoms with E-state index < -0.39 is 0 Å². The average Bonchev–Trinajstić information content (AvgIpc) is 2.38. The molecule has 112 valence electrons. The van der Waals surface area contributed by atoms with Gasteiger partial charge in [0.1, 0.15) is 5.78 Å². The number of hydrogen-bond acceptors (Lipinski definition) is 5. The van der Waals surface area contributed by atoms with E-state index in [0.29, 0.717) is 5.78 Å². The van der Waals surface area contributed by atoms with Crippen molar-refractivity contribution in [1.82, 2.24) is 9.80 Å². The Labute approximate surface area is 123 Å². The van der Waals surface area contributed by atoms with Crippen LogP contribution in [0.4, 0.5) is 0 Å². The van der Waals surface area contributed by atoms with Gasteiger partial charge in [0.2, 0.25) is 0 Å². The summed E-state index contributed by atoms with van der Waals surface area (Å²) in [4.78, 5) is 17.3. The van der Waals surface area contributed by atoms with Gasteiger partial charge < -0.3 is 10.2 Å². The molecular formula is C16H20N2O3. The van der Waals surface area contributed by atoms with Gasteiger partial charge in [0, 0.05) is 26.2 Å². The summed E-state index contributed by atoms with van der Waals surface area (Å²) in [7, 11) is 0. The molecule has 0 saturated carbocycles. The smallest absolute Gasteiger partial charge is 0.157 e. The Morgan fingerprint density at radius 3 is 2.00 bits per heavy atom. The third-order valence-electron chi connectivity index (χ3n) is 5.29. The lowest BCUT2D eigenvalue weighted by atomic mass is 9.62. The summed E-state index contributed by atoms with van der Waals surface area (Å²) in [6.45, 7) is 7.20. The number of phenols is 2. The quantitative estimate of drug-likeness (QED) is 0.763. The summed E-state index contributed by atoms with van der Waals surface area (Å²) in [6, 6.07) is 5.02. The number of hydrogen-bond donors (Lipinski definition) is 2. The molecule has 0 atom stereocenters. The normalized spacial score (nSPS) is 44.3. The number of ketones is 1. The first kappa shape index (κ1) is 13.1. The molecule has 4 aliphatic heterocycles. The maximum Gasteiger partial charge on any atom is 0.157 e. The molecule has 1 aromatic carbocycles. The van der Waals surface area contributed by atoms with E-state index in [2.05, 4.69) is 23.6 Å². The van der Waals surface area contributed by atoms with Gasteiger partial charge in [0.25, 0.3) is 0 Å². The molecule has 4 saturated heterocycles. The van der Waals surface area contributed by atoms with Crippen molar-refractivity contribution in [3.8, 4) is 11.5 Å². The Morgan fingerprint density at radius 1 is 1.00 bits per heavy atom. The number of benzene rings is 1. The van der Waals surface area contributed by atoms with Crippen molar-refractivity contribution in [3.63, 3.8) is 0 Å². The molecule has 5 rings (SSSR count). The van der Waals surface area contributed by atoms with Crippen LogP contribution in [-0.4, -0.2) is 52.0 Å². The number of carbonyl (C=O) groups excluding carboxylic acids is 1. The van der Waals surface area contributed by atoms with Gasteiger partial charge in [-0.3, -0.25) is 14.6 Å². The highest BCUT2D eigenvalue weighted by atomic mass is 16.3. The monoisotopic (exact) mass is 288 g/mol. The Balaban J connectivity index is 1.75. The van der Waals surface area contributed by atoms with Crippen molar-refractivity contribution in [3.05, 3.63) is 23.8 Å². The highest BCUT2D eigenvalue weighted by molar-refractivity contribution is 5.92. The van der Waals surface area contributed by atoms with Crippen molar-refractivity contribution < 1.29 is 15.0 Å². The largest absolute Gasteiger partial charge is 0.504 e. The van der Waals surface area contributed by atoms with Crippen molar-refractivity contribution >= 4 is 5.78 Å². The van der Waals surface area contributed by atoms with Gasteiger partial charge in [-0.1, -0.05) is 19.9 Å². The van der Waals surface area contributed by atoms with Crippen LogP contribution in [0, 0.1) is 10.8 Å². The lowest BCUT2D eigenvalue weighted by molar-refractivity contribution is -0.197. The first-order valence-electron chi connectivity index (χ1n) is 7.37. The molecule has 0 spiro atoms. The lowest BCUT2D eigenvalue weighted by Crippen LogP contribution is -2.75. The van der Waals surface area contributed by atoms with Crippen molar-refractivity contribution in [2.24, 2.45) is 10.8 Å². The molecule has 4 aliphatic rings. The standard InChI is InChI=1S/C16H20N2O3/c1-15-6-17-8-16(2,14(15)21)9-18(7-15)13(17)10-3-4-11(19)12(20)5-10/h3-5,13,19-20H,6-9H2,1-2H3. The zero-order valence-electron chi connectivity index (χ0n) is 12.3. The van der Waals surface area contributed by atoms with Crippen LogP contribution in [0.5, 0.6) is 11.5 Å². The van der Waals surface area contributed by atoms with E-state index in [0.717, 1.165) is 31.7 Å². The highest BCUT2D eigenvalue weighted by Crippen LogP contribution is 2.52. The fourth-order valence-corrected chi connectivity index (χ4v) is 4.72. The summed E-state index contributed by atoms with van der Waals surface area (Å²) in [6.07, 6.45) is 0.0887. The molecule has 0 aromatic heterocycles. The van der Waals surface area contributed by atoms with E-state index in [1.807, 2.05) is 6.07 Å². The van der Waals surface area contributed by atoms with Gasteiger partial charge in [-0.2, -0.15) is 0 Å². The summed E-state index contributed by atoms with van der Waals surface area (Å²) in [5.74, 6) is 0.216. The number of rotatable bonds is 1. The fourth-order valence-electron chi connectivity index (χ4n) is 4.72. The van der Waals surface area contributed by atoms with E-state index in [1.165, 1.54) is 6.07 Å². The second-order valence-electron chi connectivity index (χ2n) is 7.38. The second-order valence-corrected chi connectivity index (χ2v) is 7.38. The lowest BCUT2D eigenvalue weighted by Gasteiger charge is -2.64. The molecule has 4 bridgehead atoms. The van der Waals surface area contributed by atoms with Crippen LogP contribution in [0.25, 0.3) is 0 Å². The number of Topliss-reactive ketones (excluding diaryl/α,β-unsaturated/α-hetero) is 1. The highest BCUT2D eigenvalue weighted by Gasteiger charge is 2.62. The summed E-state index contributed by atoms with van der Waals surface area (Å²) in [5, 5.41) is 19.2. The van der Waals surface area contributed by atoms with E-state index in [-0.39, 0.29) is 28.5 Å². The van der Waals surface area contributed by atoms with Crippen LogP contribution in [-0.2, 0) is 4.79 Å². The minimum Gasteiger partial charge on any atom is -0.504 e. The van der Waals surface area contributed by atoms with Crippen molar-refractivity contribution in [1.29, 1.82) is 0 Å². The second kappa shape index (κ2) is 3.78. The van der Waals surface area contributed by atoms with Crippen LogP contribution in [0.15, 0.2) is 18.2 Å². The minimum atomic E-state index is -0.277. The van der Waals surface area contributed by atoms with Gasteiger partial charge in [0.05, 0.1) is 17.0 Å². The zero-order chi connectivity index (χ0) is 15.0. The molecule has 5 nitrogen and oxygen atoms in total. The first-order chi connectivity index (χ1) is 9.82. The topological polar surface area (TPSA) is 64.0 Å². The van der Waals surface area contributed by atoms with Crippen molar-refractivity contribution in [2.75, 3.05) is 26.2 Å². The molecule has 0 radical (unpaired) electrons. The Bertz CT molecular complexity index is 602. The molecule has 4 fully saturated rings. The molecule has 0 aliphatic carbocycles. The molecular weight excluding hydrogens is 268 g/mol. The fraction of sp³-hybridized carbons (Fsp3) is 0.562. The molecule has 4 heterocycles. The van der Waals surface area contributed by atoms with Crippen LogP contribution >= 0.6 is 0 Å². The molecule has 1 aromatic rings. The van der Waals surface area contributed by atoms with Crippen LogP contribution in [0.3, 0.4) is 0 Å². The van der Waals surface area contributed by atoms with E-state index in [1.54, 1.807) is 6.07 Å². The molecule has 0 unspecified atom stereocenters. The van der Waals surface area contributed by atoms with Crippen LogP contribution in [0.2, 0.25) is 0 Å². The minimum absolute atomic E-state index is 0.0859. The van der Waals surface area contributed by atoms with Gasteiger partial charge in [-0.15, -0.1) is 0 Å². The van der Waals surface area contributed by atoms with Gasteiger partial charge >= 0.3 is 0 Å². The van der Waals surface area contributed by atoms with Gasteiger partial charge in [-0.25, -0.2) is 0 Å². The summed E-state index contributed by atoms with van der Waals surface area (Å²) in [5.41, 5.74) is 0.422.